The number of carboxylic acid groups (broad SMARTS) is 1. The van der Waals surface area contributed by atoms with Gasteiger partial charge in [-0.2, -0.15) is 0 Å². The molecule has 0 unspecified atom stereocenters. The molecule has 2 heterocycles. The zero-order valence-corrected chi connectivity index (χ0v) is 14.4. The Morgan fingerprint density at radius 1 is 1.27 bits per heavy atom. The largest absolute Gasteiger partial charge is 0.479 e. The summed E-state index contributed by atoms with van der Waals surface area (Å²) in [7, 11) is 0. The normalized spacial score (nSPS) is 17.1. The van der Waals surface area contributed by atoms with E-state index in [1.54, 1.807) is 12.3 Å². The van der Waals surface area contributed by atoms with Crippen LogP contribution in [-0.4, -0.2) is 52.3 Å². The molecule has 1 fully saturated rings. The van der Waals surface area contributed by atoms with E-state index in [2.05, 4.69) is 0 Å². The summed E-state index contributed by atoms with van der Waals surface area (Å²) in [5, 5.41) is 9.06. The molecule has 1 atom stereocenters. The van der Waals surface area contributed by atoms with Gasteiger partial charge in [0.1, 0.15) is 5.56 Å². The molecule has 2 aromatic rings. The van der Waals surface area contributed by atoms with Crippen molar-refractivity contribution in [1.82, 2.24) is 9.47 Å². The number of benzene rings is 1. The lowest BCUT2D eigenvalue weighted by Gasteiger charge is -2.30. The molecule has 7 heteroatoms. The van der Waals surface area contributed by atoms with Crippen molar-refractivity contribution in [2.24, 2.45) is 0 Å². The third-order valence-corrected chi connectivity index (χ3v) is 4.32. The maximum atomic E-state index is 12.7. The number of ether oxygens (including phenoxy) is 1. The quantitative estimate of drug-likeness (QED) is 0.887. The lowest BCUT2D eigenvalue weighted by Crippen LogP contribution is -2.49. The molecule has 1 aromatic carbocycles. The van der Waals surface area contributed by atoms with Crippen LogP contribution in [0.15, 0.2) is 47.4 Å². The van der Waals surface area contributed by atoms with Gasteiger partial charge < -0.3 is 19.3 Å². The number of aromatic nitrogens is 1. The standard InChI is InChI=1S/C19H20N2O5/c1-13-4-2-5-14(10-13)11-20-7-3-6-15(17(20)22)18(23)21-8-9-26-16(12-21)19(24)25/h2-7,10,16H,8-9,11-12H2,1H3,(H,24,25)/t16-/m0/s1. The number of aryl methyl sites for hydroxylation is 1. The smallest absolute Gasteiger partial charge is 0.334 e. The Kier molecular flexibility index (Phi) is 5.18. The third kappa shape index (κ3) is 3.83. The fraction of sp³-hybridized carbons (Fsp3) is 0.316. The Balaban J connectivity index is 1.83. The van der Waals surface area contributed by atoms with Crippen molar-refractivity contribution in [2.75, 3.05) is 19.7 Å². The van der Waals surface area contributed by atoms with Gasteiger partial charge in [0.05, 0.1) is 19.7 Å². The molecule has 1 aliphatic heterocycles. The average molecular weight is 356 g/mol. The van der Waals surface area contributed by atoms with Gasteiger partial charge in [-0.15, -0.1) is 0 Å². The predicted molar refractivity (Wildman–Crippen MR) is 94.3 cm³/mol. The van der Waals surface area contributed by atoms with E-state index >= 15 is 0 Å². The number of hydrogen-bond donors (Lipinski definition) is 1. The van der Waals surface area contributed by atoms with Crippen molar-refractivity contribution in [1.29, 1.82) is 0 Å². The first-order valence-corrected chi connectivity index (χ1v) is 8.34. The van der Waals surface area contributed by atoms with Crippen molar-refractivity contribution in [3.63, 3.8) is 0 Å². The Hall–Kier alpha value is -2.93. The van der Waals surface area contributed by atoms with Crippen molar-refractivity contribution in [2.45, 2.75) is 19.6 Å². The van der Waals surface area contributed by atoms with Gasteiger partial charge in [0.2, 0.25) is 0 Å². The van der Waals surface area contributed by atoms with Crippen LogP contribution in [0.3, 0.4) is 0 Å². The maximum Gasteiger partial charge on any atom is 0.334 e. The first-order chi connectivity index (χ1) is 12.5. The minimum atomic E-state index is -1.12. The average Bonchev–Trinajstić information content (AvgIpc) is 2.63. The summed E-state index contributed by atoms with van der Waals surface area (Å²) in [6.45, 7) is 2.66. The number of amides is 1. The molecule has 7 nitrogen and oxygen atoms in total. The van der Waals surface area contributed by atoms with Crippen LogP contribution in [-0.2, 0) is 16.1 Å². The first-order valence-electron chi connectivity index (χ1n) is 8.34. The number of carbonyl (C=O) groups excluding carboxylic acids is 1. The number of rotatable bonds is 4. The molecule has 0 aliphatic carbocycles. The van der Waals surface area contributed by atoms with Crippen molar-refractivity contribution >= 4 is 11.9 Å². The van der Waals surface area contributed by atoms with E-state index in [1.807, 2.05) is 31.2 Å². The number of aliphatic carboxylic acids is 1. The van der Waals surface area contributed by atoms with E-state index in [0.29, 0.717) is 6.54 Å². The van der Waals surface area contributed by atoms with Crippen molar-refractivity contribution in [3.8, 4) is 0 Å². The highest BCUT2D eigenvalue weighted by molar-refractivity contribution is 5.94. The van der Waals surface area contributed by atoms with Gasteiger partial charge in [0, 0.05) is 12.7 Å². The van der Waals surface area contributed by atoms with Gasteiger partial charge in [-0.05, 0) is 24.6 Å². The second-order valence-electron chi connectivity index (χ2n) is 6.29. The number of hydrogen-bond acceptors (Lipinski definition) is 4. The predicted octanol–water partition coefficient (Wildman–Crippen LogP) is 1.13. The molecule has 3 rings (SSSR count). The highest BCUT2D eigenvalue weighted by Crippen LogP contribution is 2.10. The zero-order chi connectivity index (χ0) is 18.7. The van der Waals surface area contributed by atoms with Gasteiger partial charge in [0.25, 0.3) is 11.5 Å². The summed E-state index contributed by atoms with van der Waals surface area (Å²) in [5.41, 5.74) is 1.70. The molecule has 1 amide bonds. The molecular formula is C19H20N2O5. The molecule has 0 radical (unpaired) electrons. The topological polar surface area (TPSA) is 88.8 Å². The van der Waals surface area contributed by atoms with E-state index in [0.717, 1.165) is 11.1 Å². The number of nitrogens with zero attached hydrogens (tertiary/aromatic N) is 2. The Morgan fingerprint density at radius 2 is 2.08 bits per heavy atom. The number of carbonyl (C=O) groups is 2. The van der Waals surface area contributed by atoms with Crippen LogP contribution < -0.4 is 5.56 Å². The second kappa shape index (κ2) is 7.53. The minimum absolute atomic E-state index is 0.0335. The summed E-state index contributed by atoms with van der Waals surface area (Å²) in [5.74, 6) is -1.59. The lowest BCUT2D eigenvalue weighted by atomic mass is 10.1. The van der Waals surface area contributed by atoms with E-state index in [4.69, 9.17) is 9.84 Å². The number of carboxylic acids is 1. The number of pyridine rings is 1. The van der Waals surface area contributed by atoms with E-state index in [9.17, 15) is 14.4 Å². The van der Waals surface area contributed by atoms with Gasteiger partial charge >= 0.3 is 5.97 Å². The van der Waals surface area contributed by atoms with E-state index in [-0.39, 0.29) is 25.3 Å². The van der Waals surface area contributed by atoms with Gasteiger partial charge in [-0.3, -0.25) is 9.59 Å². The van der Waals surface area contributed by atoms with Gasteiger partial charge in [0.15, 0.2) is 6.10 Å². The van der Waals surface area contributed by atoms with Gasteiger partial charge in [-0.25, -0.2) is 4.79 Å². The van der Waals surface area contributed by atoms with Crippen LogP contribution in [0.4, 0.5) is 0 Å². The summed E-state index contributed by atoms with van der Waals surface area (Å²) in [6, 6.07) is 10.9. The monoisotopic (exact) mass is 356 g/mol. The Bertz CT molecular complexity index is 889. The van der Waals surface area contributed by atoms with Crippen LogP contribution in [0.1, 0.15) is 21.5 Å². The lowest BCUT2D eigenvalue weighted by molar-refractivity contribution is -0.154. The summed E-state index contributed by atoms with van der Waals surface area (Å²) >= 11 is 0. The van der Waals surface area contributed by atoms with Crippen LogP contribution in [0.2, 0.25) is 0 Å². The van der Waals surface area contributed by atoms with Crippen LogP contribution in [0.5, 0.6) is 0 Å². The van der Waals surface area contributed by atoms with Crippen LogP contribution in [0.25, 0.3) is 0 Å². The van der Waals surface area contributed by atoms with Crippen molar-refractivity contribution < 1.29 is 19.4 Å². The van der Waals surface area contributed by atoms with E-state index < -0.39 is 23.5 Å². The number of morpholine rings is 1. The fourth-order valence-corrected chi connectivity index (χ4v) is 2.98. The highest BCUT2D eigenvalue weighted by Gasteiger charge is 2.30. The SMILES string of the molecule is Cc1cccc(Cn2cccc(C(=O)N3CCO[C@H](C(=O)O)C3)c2=O)c1. The van der Waals surface area contributed by atoms with Crippen molar-refractivity contribution in [3.05, 3.63) is 69.6 Å². The summed E-state index contributed by atoms with van der Waals surface area (Å²) < 4.78 is 6.61. The Labute approximate surface area is 150 Å². The molecular weight excluding hydrogens is 336 g/mol. The molecule has 0 spiro atoms. The Morgan fingerprint density at radius 3 is 2.81 bits per heavy atom. The zero-order valence-electron chi connectivity index (χ0n) is 14.4. The minimum Gasteiger partial charge on any atom is -0.479 e. The molecule has 1 aromatic heterocycles. The highest BCUT2D eigenvalue weighted by atomic mass is 16.5. The third-order valence-electron chi connectivity index (χ3n) is 4.32. The summed E-state index contributed by atoms with van der Waals surface area (Å²) in [6.07, 6.45) is 0.576. The fourth-order valence-electron chi connectivity index (χ4n) is 2.98. The second-order valence-corrected chi connectivity index (χ2v) is 6.29. The molecule has 136 valence electrons. The maximum absolute atomic E-state index is 12.7. The molecule has 0 saturated carbocycles. The molecule has 26 heavy (non-hydrogen) atoms. The van der Waals surface area contributed by atoms with Crippen LogP contribution >= 0.6 is 0 Å². The molecule has 1 N–H and O–H groups in total. The summed E-state index contributed by atoms with van der Waals surface area (Å²) in [4.78, 5) is 37.9. The first kappa shape index (κ1) is 17.9. The van der Waals surface area contributed by atoms with E-state index in [1.165, 1.54) is 15.5 Å². The van der Waals surface area contributed by atoms with Crippen LogP contribution in [0, 0.1) is 6.92 Å². The molecule has 0 bridgehead atoms. The molecule has 1 aliphatic rings. The molecule has 1 saturated heterocycles. The van der Waals surface area contributed by atoms with Gasteiger partial charge in [-0.1, -0.05) is 29.8 Å².